The monoisotopic (exact) mass is 268 g/mol. The van der Waals surface area contributed by atoms with Crippen molar-refractivity contribution in [3.8, 4) is 0 Å². The first-order valence-corrected chi connectivity index (χ1v) is 7.50. The van der Waals surface area contributed by atoms with Crippen LogP contribution in [0, 0.1) is 5.92 Å². The van der Waals surface area contributed by atoms with Crippen LogP contribution < -0.4 is 5.32 Å². The van der Waals surface area contributed by atoms with Gasteiger partial charge in [-0.2, -0.15) is 0 Å². The summed E-state index contributed by atoms with van der Waals surface area (Å²) < 4.78 is 0. The van der Waals surface area contributed by atoms with E-state index in [1.165, 1.54) is 13.0 Å². The quantitative estimate of drug-likeness (QED) is 0.759. The van der Waals surface area contributed by atoms with E-state index in [1.54, 1.807) is 0 Å². The summed E-state index contributed by atoms with van der Waals surface area (Å²) in [6.45, 7) is 7.91. The van der Waals surface area contributed by atoms with Crippen LogP contribution in [0.4, 0.5) is 0 Å². The van der Waals surface area contributed by atoms with Gasteiger partial charge in [0.2, 0.25) is 5.91 Å². The molecule has 0 aromatic heterocycles. The molecule has 5 heteroatoms. The zero-order chi connectivity index (χ0) is 13.7. The summed E-state index contributed by atoms with van der Waals surface area (Å²) in [6, 6.07) is 0. The molecule has 0 aromatic carbocycles. The number of carbonyl (C=O) groups excluding carboxylic acids is 1. The van der Waals surface area contributed by atoms with Gasteiger partial charge in [0.05, 0.1) is 6.54 Å². The van der Waals surface area contributed by atoms with Crippen LogP contribution in [0.1, 0.15) is 12.8 Å². The Morgan fingerprint density at radius 3 is 2.89 bits per heavy atom. The van der Waals surface area contributed by atoms with Crippen LogP contribution in [0.15, 0.2) is 0 Å². The number of nitrogens with one attached hydrogen (secondary N) is 1. The highest BCUT2D eigenvalue weighted by atomic mass is 16.2. The first-order chi connectivity index (χ1) is 9.15. The van der Waals surface area contributed by atoms with Gasteiger partial charge in [-0.3, -0.25) is 9.69 Å². The minimum Gasteiger partial charge on any atom is -0.344 e. The second kappa shape index (κ2) is 7.22. The average Bonchev–Trinajstić information content (AvgIpc) is 2.64. The van der Waals surface area contributed by atoms with Crippen molar-refractivity contribution in [1.29, 1.82) is 0 Å². The molecule has 0 saturated carbocycles. The predicted octanol–water partition coefficient (Wildman–Crippen LogP) is -0.308. The van der Waals surface area contributed by atoms with Crippen LogP contribution >= 0.6 is 0 Å². The molecule has 5 nitrogen and oxygen atoms in total. The molecule has 0 bridgehead atoms. The predicted molar refractivity (Wildman–Crippen MR) is 77.2 cm³/mol. The second-order valence-electron chi connectivity index (χ2n) is 6.07. The second-order valence-corrected chi connectivity index (χ2v) is 6.07. The van der Waals surface area contributed by atoms with E-state index in [-0.39, 0.29) is 5.91 Å². The number of hydrogen-bond acceptors (Lipinski definition) is 4. The highest BCUT2D eigenvalue weighted by molar-refractivity contribution is 5.78. The molecule has 1 unspecified atom stereocenters. The fraction of sp³-hybridized carbons (Fsp3) is 0.929. The molecule has 2 aliphatic rings. The molecule has 0 radical (unpaired) electrons. The molecule has 2 heterocycles. The average molecular weight is 268 g/mol. The number of rotatable bonds is 4. The number of likely N-dealkylation sites (N-methyl/N-ethyl adjacent to an activating group) is 1. The van der Waals surface area contributed by atoms with Crippen molar-refractivity contribution in [3.05, 3.63) is 0 Å². The van der Waals surface area contributed by atoms with Crippen LogP contribution in [-0.2, 0) is 4.79 Å². The number of carbonyl (C=O) groups is 1. The fourth-order valence-corrected chi connectivity index (χ4v) is 3.04. The fourth-order valence-electron chi connectivity index (χ4n) is 3.04. The Kier molecular flexibility index (Phi) is 5.60. The van der Waals surface area contributed by atoms with E-state index in [2.05, 4.69) is 22.2 Å². The summed E-state index contributed by atoms with van der Waals surface area (Å²) in [5.41, 5.74) is 0. The van der Waals surface area contributed by atoms with Gasteiger partial charge in [0.25, 0.3) is 0 Å². The molecule has 0 spiro atoms. The highest BCUT2D eigenvalue weighted by Crippen LogP contribution is 2.15. The van der Waals surface area contributed by atoms with E-state index in [4.69, 9.17) is 0 Å². The Morgan fingerprint density at radius 1 is 1.32 bits per heavy atom. The third-order valence-electron chi connectivity index (χ3n) is 4.24. The number of hydrogen-bond donors (Lipinski definition) is 1. The molecular weight excluding hydrogens is 240 g/mol. The smallest absolute Gasteiger partial charge is 0.236 e. The van der Waals surface area contributed by atoms with Gasteiger partial charge < -0.3 is 15.1 Å². The molecule has 110 valence electrons. The normalized spacial score (nSPS) is 26.3. The van der Waals surface area contributed by atoms with Gasteiger partial charge in [-0.1, -0.05) is 0 Å². The SMILES string of the molecule is CN1CCC(CN(C)C(=O)CN2CCCNCC2)C1. The van der Waals surface area contributed by atoms with Gasteiger partial charge in [-0.05, 0) is 45.4 Å². The van der Waals surface area contributed by atoms with E-state index in [0.717, 1.165) is 45.7 Å². The third kappa shape index (κ3) is 4.75. The largest absolute Gasteiger partial charge is 0.344 e. The van der Waals surface area contributed by atoms with Crippen LogP contribution in [0.2, 0.25) is 0 Å². The first kappa shape index (κ1) is 14.8. The lowest BCUT2D eigenvalue weighted by atomic mass is 10.1. The summed E-state index contributed by atoms with van der Waals surface area (Å²) in [5, 5.41) is 3.37. The van der Waals surface area contributed by atoms with Gasteiger partial charge >= 0.3 is 0 Å². The van der Waals surface area contributed by atoms with Crippen LogP contribution in [0.5, 0.6) is 0 Å². The van der Waals surface area contributed by atoms with Gasteiger partial charge in [0.15, 0.2) is 0 Å². The molecular formula is C14H28N4O. The maximum Gasteiger partial charge on any atom is 0.236 e. The van der Waals surface area contributed by atoms with Crippen molar-refractivity contribution >= 4 is 5.91 Å². The van der Waals surface area contributed by atoms with Crippen LogP contribution in [0.25, 0.3) is 0 Å². The minimum absolute atomic E-state index is 0.274. The lowest BCUT2D eigenvalue weighted by Gasteiger charge is -2.25. The van der Waals surface area contributed by atoms with Crippen molar-refractivity contribution in [3.63, 3.8) is 0 Å². The van der Waals surface area contributed by atoms with E-state index < -0.39 is 0 Å². The van der Waals surface area contributed by atoms with Gasteiger partial charge in [0, 0.05) is 33.2 Å². The summed E-state index contributed by atoms with van der Waals surface area (Å²) in [7, 11) is 4.11. The van der Waals surface area contributed by atoms with Crippen LogP contribution in [0.3, 0.4) is 0 Å². The van der Waals surface area contributed by atoms with Gasteiger partial charge in [-0.25, -0.2) is 0 Å². The maximum atomic E-state index is 12.2. The molecule has 1 N–H and O–H groups in total. The third-order valence-corrected chi connectivity index (χ3v) is 4.24. The topological polar surface area (TPSA) is 38.8 Å². The lowest BCUT2D eigenvalue weighted by Crippen LogP contribution is -2.41. The molecule has 19 heavy (non-hydrogen) atoms. The van der Waals surface area contributed by atoms with Crippen molar-refractivity contribution < 1.29 is 4.79 Å². The molecule has 2 aliphatic heterocycles. The molecule has 2 fully saturated rings. The standard InChI is InChI=1S/C14H28N4O/c1-16-8-4-13(10-16)11-17(2)14(19)12-18-7-3-5-15-6-9-18/h13,15H,3-12H2,1-2H3. The molecule has 2 rings (SSSR count). The Balaban J connectivity index is 1.72. The van der Waals surface area contributed by atoms with E-state index in [0.29, 0.717) is 12.5 Å². The first-order valence-electron chi connectivity index (χ1n) is 7.50. The number of likely N-dealkylation sites (tertiary alicyclic amines) is 1. The van der Waals surface area contributed by atoms with Crippen molar-refractivity contribution in [2.75, 3.05) is 66.5 Å². The Labute approximate surface area is 116 Å². The Morgan fingerprint density at radius 2 is 2.16 bits per heavy atom. The lowest BCUT2D eigenvalue weighted by molar-refractivity contribution is -0.131. The minimum atomic E-state index is 0.274. The van der Waals surface area contributed by atoms with Gasteiger partial charge in [0.1, 0.15) is 0 Å². The van der Waals surface area contributed by atoms with Crippen molar-refractivity contribution in [2.24, 2.45) is 5.92 Å². The number of nitrogens with zero attached hydrogens (tertiary/aromatic N) is 3. The Hall–Kier alpha value is -0.650. The summed E-state index contributed by atoms with van der Waals surface area (Å²) in [6.07, 6.45) is 2.37. The summed E-state index contributed by atoms with van der Waals surface area (Å²) >= 11 is 0. The van der Waals surface area contributed by atoms with E-state index in [1.807, 2.05) is 11.9 Å². The van der Waals surface area contributed by atoms with E-state index in [9.17, 15) is 4.79 Å². The molecule has 0 aromatic rings. The highest BCUT2D eigenvalue weighted by Gasteiger charge is 2.23. The Bertz CT molecular complexity index is 289. The van der Waals surface area contributed by atoms with E-state index >= 15 is 0 Å². The molecule has 0 aliphatic carbocycles. The van der Waals surface area contributed by atoms with Crippen LogP contribution in [-0.4, -0.2) is 87.1 Å². The molecule has 2 saturated heterocycles. The van der Waals surface area contributed by atoms with Gasteiger partial charge in [-0.15, -0.1) is 0 Å². The molecule has 1 amide bonds. The zero-order valence-electron chi connectivity index (χ0n) is 12.4. The zero-order valence-corrected chi connectivity index (χ0v) is 12.4. The number of amides is 1. The summed E-state index contributed by atoms with van der Waals surface area (Å²) in [5.74, 6) is 0.932. The van der Waals surface area contributed by atoms with Crippen molar-refractivity contribution in [1.82, 2.24) is 20.0 Å². The van der Waals surface area contributed by atoms with Crippen molar-refractivity contribution in [2.45, 2.75) is 12.8 Å². The molecule has 1 atom stereocenters. The maximum absolute atomic E-state index is 12.2. The summed E-state index contributed by atoms with van der Waals surface area (Å²) in [4.78, 5) is 18.8.